The predicted molar refractivity (Wildman–Crippen MR) is 52.2 cm³/mol. The number of nitriles is 1. The van der Waals surface area contributed by atoms with Gasteiger partial charge in [-0.15, -0.1) is 0 Å². The molecule has 0 bridgehead atoms. The Kier molecular flexibility index (Phi) is 3.17. The summed E-state index contributed by atoms with van der Waals surface area (Å²) in [5.41, 5.74) is -0.813. The second kappa shape index (κ2) is 3.87. The number of hydrogen-bond acceptors (Lipinski definition) is 4. The lowest BCUT2D eigenvalue weighted by Gasteiger charge is -2.16. The average molecular weight is 217 g/mol. The summed E-state index contributed by atoms with van der Waals surface area (Å²) in [5.74, 6) is 0.116. The van der Waals surface area contributed by atoms with E-state index in [1.54, 1.807) is 6.92 Å². The van der Waals surface area contributed by atoms with Gasteiger partial charge in [0.15, 0.2) is 9.84 Å². The summed E-state index contributed by atoms with van der Waals surface area (Å²) >= 11 is 0. The van der Waals surface area contributed by atoms with E-state index in [0.717, 1.165) is 0 Å². The Morgan fingerprint density at radius 2 is 2.29 bits per heavy atom. The molecule has 0 aromatic rings. The van der Waals surface area contributed by atoms with E-state index in [9.17, 15) is 8.42 Å². The molecule has 1 aliphatic rings. The molecule has 4 nitrogen and oxygen atoms in total. The smallest absolute Gasteiger partial charge is 0.152 e. The van der Waals surface area contributed by atoms with E-state index < -0.39 is 20.5 Å². The fourth-order valence-electron chi connectivity index (χ4n) is 1.90. The predicted octanol–water partition coefficient (Wildman–Crippen LogP) is 0.476. The Morgan fingerprint density at radius 3 is 2.64 bits per heavy atom. The van der Waals surface area contributed by atoms with Gasteiger partial charge in [0, 0.05) is 5.75 Å². The number of aliphatic hydroxyl groups is 1. The van der Waals surface area contributed by atoms with Crippen LogP contribution in [0.1, 0.15) is 26.2 Å². The summed E-state index contributed by atoms with van der Waals surface area (Å²) in [6, 6.07) is 2.04. The largest absolute Gasteiger partial charge is 0.395 e. The molecular formula is C9H15NO3S. The van der Waals surface area contributed by atoms with Crippen molar-refractivity contribution in [2.45, 2.75) is 31.4 Å². The van der Waals surface area contributed by atoms with Crippen molar-refractivity contribution in [1.82, 2.24) is 0 Å². The van der Waals surface area contributed by atoms with Gasteiger partial charge in [0.2, 0.25) is 0 Å². The van der Waals surface area contributed by atoms with Crippen molar-refractivity contribution in [1.29, 1.82) is 5.26 Å². The first-order chi connectivity index (χ1) is 6.49. The van der Waals surface area contributed by atoms with Gasteiger partial charge in [-0.25, -0.2) is 8.42 Å². The minimum atomic E-state index is -3.05. The summed E-state index contributed by atoms with van der Waals surface area (Å²) in [5, 5.41) is 17.5. The minimum Gasteiger partial charge on any atom is -0.395 e. The van der Waals surface area contributed by atoms with Gasteiger partial charge >= 0.3 is 0 Å². The van der Waals surface area contributed by atoms with Crippen molar-refractivity contribution in [2.24, 2.45) is 5.41 Å². The van der Waals surface area contributed by atoms with Crippen molar-refractivity contribution in [3.05, 3.63) is 0 Å². The van der Waals surface area contributed by atoms with Crippen LogP contribution in [0.2, 0.25) is 0 Å². The van der Waals surface area contributed by atoms with Crippen LogP contribution in [0.25, 0.3) is 0 Å². The standard InChI is InChI=1S/C9H15NO3S/c1-2-14(12,13)8-3-4-9(5-8,6-10)7-11/h8,11H,2-5,7H2,1H3. The number of aliphatic hydroxyl groups excluding tert-OH is 1. The van der Waals surface area contributed by atoms with Crippen LogP contribution in [0.5, 0.6) is 0 Å². The third kappa shape index (κ3) is 1.91. The average Bonchev–Trinajstić information content (AvgIpc) is 2.63. The Bertz CT molecular complexity index is 344. The maximum atomic E-state index is 11.5. The van der Waals surface area contributed by atoms with Gasteiger partial charge in [-0.2, -0.15) is 5.26 Å². The minimum absolute atomic E-state index is 0.116. The third-order valence-electron chi connectivity index (χ3n) is 3.01. The lowest BCUT2D eigenvalue weighted by molar-refractivity contribution is 0.180. The molecule has 0 saturated heterocycles. The van der Waals surface area contributed by atoms with E-state index in [0.29, 0.717) is 12.8 Å². The van der Waals surface area contributed by atoms with Gasteiger partial charge in [0.1, 0.15) is 0 Å². The molecule has 1 saturated carbocycles. The Hall–Kier alpha value is -0.600. The van der Waals surface area contributed by atoms with Crippen molar-refractivity contribution < 1.29 is 13.5 Å². The fourth-order valence-corrected chi connectivity index (χ4v) is 3.42. The van der Waals surface area contributed by atoms with Crippen LogP contribution >= 0.6 is 0 Å². The van der Waals surface area contributed by atoms with Crippen LogP contribution in [-0.4, -0.2) is 31.1 Å². The maximum absolute atomic E-state index is 11.5. The topological polar surface area (TPSA) is 78.2 Å². The molecule has 0 radical (unpaired) electrons. The van der Waals surface area contributed by atoms with E-state index >= 15 is 0 Å². The monoisotopic (exact) mass is 217 g/mol. The van der Waals surface area contributed by atoms with E-state index in [1.807, 2.05) is 6.07 Å². The lowest BCUT2D eigenvalue weighted by Crippen LogP contribution is -2.25. The van der Waals surface area contributed by atoms with Crippen LogP contribution in [0.15, 0.2) is 0 Å². The van der Waals surface area contributed by atoms with Gasteiger partial charge in [0.05, 0.1) is 23.3 Å². The Balaban J connectivity index is 2.81. The summed E-state index contributed by atoms with van der Waals surface area (Å²) in [6.07, 6.45) is 1.28. The molecule has 0 spiro atoms. The summed E-state index contributed by atoms with van der Waals surface area (Å²) in [4.78, 5) is 0. The molecule has 2 unspecified atom stereocenters. The van der Waals surface area contributed by atoms with Gasteiger partial charge < -0.3 is 5.11 Å². The zero-order chi connectivity index (χ0) is 10.8. The first kappa shape index (κ1) is 11.5. The molecule has 0 aromatic carbocycles. The third-order valence-corrected chi connectivity index (χ3v) is 5.24. The van der Waals surface area contributed by atoms with E-state index in [4.69, 9.17) is 10.4 Å². The normalized spacial score (nSPS) is 32.8. The molecule has 1 fully saturated rings. The molecular weight excluding hydrogens is 202 g/mol. The molecule has 0 amide bonds. The molecule has 0 aromatic heterocycles. The maximum Gasteiger partial charge on any atom is 0.152 e. The second-order valence-corrected chi connectivity index (χ2v) is 6.44. The molecule has 1 N–H and O–H groups in total. The van der Waals surface area contributed by atoms with Crippen LogP contribution in [0.3, 0.4) is 0 Å². The highest BCUT2D eigenvalue weighted by Crippen LogP contribution is 2.40. The summed E-state index contributed by atoms with van der Waals surface area (Å²) in [7, 11) is -3.05. The van der Waals surface area contributed by atoms with Gasteiger partial charge in [-0.05, 0) is 19.3 Å². The molecule has 1 rings (SSSR count). The highest BCUT2D eigenvalue weighted by atomic mass is 32.2. The van der Waals surface area contributed by atoms with Crippen LogP contribution in [-0.2, 0) is 9.84 Å². The number of hydrogen-bond donors (Lipinski definition) is 1. The van der Waals surface area contributed by atoms with Gasteiger partial charge in [0.25, 0.3) is 0 Å². The van der Waals surface area contributed by atoms with Gasteiger partial charge in [-0.1, -0.05) is 6.92 Å². The quantitative estimate of drug-likeness (QED) is 0.745. The SMILES string of the molecule is CCS(=O)(=O)C1CCC(C#N)(CO)C1. The second-order valence-electron chi connectivity index (χ2n) is 3.87. The van der Waals surface area contributed by atoms with Crippen molar-refractivity contribution in [3.63, 3.8) is 0 Å². The Labute approximate surface area is 84.5 Å². The van der Waals surface area contributed by atoms with Crippen molar-refractivity contribution in [3.8, 4) is 6.07 Å². The number of nitrogens with zero attached hydrogens (tertiary/aromatic N) is 1. The fraction of sp³-hybridized carbons (Fsp3) is 0.889. The zero-order valence-electron chi connectivity index (χ0n) is 8.23. The van der Waals surface area contributed by atoms with E-state index in [1.165, 1.54) is 0 Å². The summed E-state index contributed by atoms with van der Waals surface area (Å²) < 4.78 is 23.1. The molecule has 0 heterocycles. The Morgan fingerprint density at radius 1 is 1.64 bits per heavy atom. The van der Waals surface area contributed by atoms with E-state index in [-0.39, 0.29) is 18.8 Å². The first-order valence-corrected chi connectivity index (χ1v) is 6.45. The number of rotatable bonds is 3. The lowest BCUT2D eigenvalue weighted by atomic mass is 9.89. The van der Waals surface area contributed by atoms with Crippen LogP contribution < -0.4 is 0 Å². The molecule has 0 aliphatic heterocycles. The van der Waals surface area contributed by atoms with E-state index in [2.05, 4.69) is 0 Å². The summed E-state index contributed by atoms with van der Waals surface area (Å²) in [6.45, 7) is 1.37. The highest BCUT2D eigenvalue weighted by molar-refractivity contribution is 7.92. The molecule has 5 heteroatoms. The molecule has 14 heavy (non-hydrogen) atoms. The zero-order valence-corrected chi connectivity index (χ0v) is 9.05. The van der Waals surface area contributed by atoms with Crippen LogP contribution in [0, 0.1) is 16.7 Å². The molecule has 1 aliphatic carbocycles. The molecule has 80 valence electrons. The van der Waals surface area contributed by atoms with Crippen molar-refractivity contribution in [2.75, 3.05) is 12.4 Å². The first-order valence-electron chi connectivity index (χ1n) is 4.73. The van der Waals surface area contributed by atoms with Gasteiger partial charge in [-0.3, -0.25) is 0 Å². The number of sulfone groups is 1. The van der Waals surface area contributed by atoms with Crippen molar-refractivity contribution >= 4 is 9.84 Å². The highest BCUT2D eigenvalue weighted by Gasteiger charge is 2.43. The molecule has 2 atom stereocenters. The van der Waals surface area contributed by atoms with Crippen LogP contribution in [0.4, 0.5) is 0 Å².